The van der Waals surface area contributed by atoms with E-state index < -0.39 is 11.9 Å². The van der Waals surface area contributed by atoms with Crippen molar-refractivity contribution in [2.75, 3.05) is 6.54 Å². The van der Waals surface area contributed by atoms with Gasteiger partial charge in [0.2, 0.25) is 5.91 Å². The Morgan fingerprint density at radius 1 is 1.35 bits per heavy atom. The number of carbonyl (C=O) groups excluding carboxylic acids is 1. The molecule has 1 aromatic carbocycles. The molecule has 0 radical (unpaired) electrons. The molecular weight excluding hydrogens is 258 g/mol. The maximum Gasteiger partial charge on any atom is 0.308 e. The van der Waals surface area contributed by atoms with Crippen LogP contribution in [0, 0.1) is 5.92 Å². The molecule has 0 aromatic heterocycles. The Kier molecular flexibility index (Phi) is 4.27. The van der Waals surface area contributed by atoms with Gasteiger partial charge in [-0.3, -0.25) is 9.59 Å². The number of likely N-dealkylation sites (tertiary alicyclic amines) is 1. The average Bonchev–Trinajstić information content (AvgIpc) is 2.79. The van der Waals surface area contributed by atoms with E-state index >= 15 is 0 Å². The van der Waals surface area contributed by atoms with E-state index in [0.29, 0.717) is 19.4 Å². The van der Waals surface area contributed by atoms with Gasteiger partial charge in [-0.25, -0.2) is 0 Å². The van der Waals surface area contributed by atoms with E-state index in [0.717, 1.165) is 5.56 Å². The second-order valence-corrected chi connectivity index (χ2v) is 5.19. The zero-order chi connectivity index (χ0) is 14.7. The minimum Gasteiger partial charge on any atom is -0.508 e. The van der Waals surface area contributed by atoms with Crippen molar-refractivity contribution in [3.63, 3.8) is 0 Å². The van der Waals surface area contributed by atoms with Crippen LogP contribution < -0.4 is 0 Å². The van der Waals surface area contributed by atoms with Crippen LogP contribution in [0.15, 0.2) is 24.3 Å². The largest absolute Gasteiger partial charge is 0.508 e. The lowest BCUT2D eigenvalue weighted by Crippen LogP contribution is -2.37. The van der Waals surface area contributed by atoms with E-state index in [1.54, 1.807) is 30.0 Å². The van der Waals surface area contributed by atoms with E-state index in [-0.39, 0.29) is 24.1 Å². The third-order valence-corrected chi connectivity index (χ3v) is 3.99. The lowest BCUT2D eigenvalue weighted by molar-refractivity contribution is -0.143. The highest BCUT2D eigenvalue weighted by Gasteiger charge is 2.37. The smallest absolute Gasteiger partial charge is 0.308 e. The Balaban J connectivity index is 1.93. The first-order chi connectivity index (χ1) is 9.50. The normalized spacial score (nSPS) is 21.9. The summed E-state index contributed by atoms with van der Waals surface area (Å²) in [5.41, 5.74) is 0.738. The van der Waals surface area contributed by atoms with Gasteiger partial charge in [0.15, 0.2) is 0 Å². The van der Waals surface area contributed by atoms with E-state index in [1.807, 2.05) is 6.07 Å². The monoisotopic (exact) mass is 277 g/mol. The predicted molar refractivity (Wildman–Crippen MR) is 73.3 cm³/mol. The van der Waals surface area contributed by atoms with Crippen molar-refractivity contribution in [3.8, 4) is 5.75 Å². The number of aromatic hydroxyl groups is 1. The number of benzene rings is 1. The number of rotatable bonds is 4. The van der Waals surface area contributed by atoms with Crippen molar-refractivity contribution in [1.29, 1.82) is 0 Å². The molecule has 2 rings (SSSR count). The Morgan fingerprint density at radius 2 is 2.05 bits per heavy atom. The number of para-hydroxylation sites is 1. The van der Waals surface area contributed by atoms with Crippen molar-refractivity contribution in [2.24, 2.45) is 5.92 Å². The Morgan fingerprint density at radius 3 is 2.65 bits per heavy atom. The number of carboxylic acid groups (broad SMARTS) is 1. The van der Waals surface area contributed by atoms with E-state index in [4.69, 9.17) is 5.11 Å². The third kappa shape index (κ3) is 2.92. The van der Waals surface area contributed by atoms with Gasteiger partial charge >= 0.3 is 5.97 Å². The fraction of sp³-hybridized carbons (Fsp3) is 0.467. The molecule has 108 valence electrons. The van der Waals surface area contributed by atoms with Crippen molar-refractivity contribution < 1.29 is 19.8 Å². The number of hydrogen-bond donors (Lipinski definition) is 2. The van der Waals surface area contributed by atoms with Crippen LogP contribution in [0.2, 0.25) is 0 Å². The topological polar surface area (TPSA) is 77.8 Å². The third-order valence-electron chi connectivity index (χ3n) is 3.99. The van der Waals surface area contributed by atoms with Crippen LogP contribution in [0.25, 0.3) is 0 Å². The van der Waals surface area contributed by atoms with Crippen LogP contribution in [0.4, 0.5) is 0 Å². The molecule has 5 nitrogen and oxygen atoms in total. The number of phenolic OH excluding ortho intramolecular Hbond substituents is 1. The number of aliphatic carboxylic acids is 1. The Bertz CT molecular complexity index is 514. The maximum absolute atomic E-state index is 12.2. The van der Waals surface area contributed by atoms with Crippen LogP contribution in [0.1, 0.15) is 25.3 Å². The first-order valence-electron chi connectivity index (χ1n) is 6.80. The van der Waals surface area contributed by atoms with E-state index in [1.165, 1.54) is 0 Å². The summed E-state index contributed by atoms with van der Waals surface area (Å²) < 4.78 is 0. The average molecular weight is 277 g/mol. The molecule has 0 bridgehead atoms. The number of aryl methyl sites for hydroxylation is 1. The molecule has 1 fully saturated rings. The van der Waals surface area contributed by atoms with Gasteiger partial charge < -0.3 is 15.1 Å². The van der Waals surface area contributed by atoms with Gasteiger partial charge in [-0.1, -0.05) is 18.2 Å². The number of carboxylic acids is 1. The van der Waals surface area contributed by atoms with Crippen molar-refractivity contribution in [3.05, 3.63) is 29.8 Å². The summed E-state index contributed by atoms with van der Waals surface area (Å²) in [5.74, 6) is -1.17. The highest BCUT2D eigenvalue weighted by Crippen LogP contribution is 2.26. The molecule has 1 amide bonds. The van der Waals surface area contributed by atoms with Gasteiger partial charge in [0, 0.05) is 19.0 Å². The van der Waals surface area contributed by atoms with Gasteiger partial charge in [-0.15, -0.1) is 0 Å². The summed E-state index contributed by atoms with van der Waals surface area (Å²) in [6.07, 6.45) is 1.26. The summed E-state index contributed by atoms with van der Waals surface area (Å²) in [6, 6.07) is 6.68. The molecule has 1 aromatic rings. The standard InChI is InChI=1S/C15H19NO4/c1-10-12(15(19)20)8-9-16(10)14(18)7-6-11-4-2-3-5-13(11)17/h2-5,10,12,17H,6-9H2,1H3,(H,19,20). The lowest BCUT2D eigenvalue weighted by atomic mass is 10.0. The highest BCUT2D eigenvalue weighted by molar-refractivity contribution is 5.79. The van der Waals surface area contributed by atoms with Crippen molar-refractivity contribution in [1.82, 2.24) is 4.90 Å². The molecule has 2 N–H and O–H groups in total. The van der Waals surface area contributed by atoms with Crippen molar-refractivity contribution >= 4 is 11.9 Å². The van der Waals surface area contributed by atoms with Crippen LogP contribution in [0.3, 0.4) is 0 Å². The minimum absolute atomic E-state index is 0.0514. The van der Waals surface area contributed by atoms with Gasteiger partial charge in [-0.2, -0.15) is 0 Å². The second kappa shape index (κ2) is 5.94. The zero-order valence-electron chi connectivity index (χ0n) is 11.5. The molecule has 0 aliphatic carbocycles. The predicted octanol–water partition coefficient (Wildman–Crippen LogP) is 1.65. The van der Waals surface area contributed by atoms with Crippen LogP contribution >= 0.6 is 0 Å². The first-order valence-corrected chi connectivity index (χ1v) is 6.80. The molecule has 1 aliphatic heterocycles. The molecule has 0 saturated carbocycles. The van der Waals surface area contributed by atoms with Crippen LogP contribution in [-0.2, 0) is 16.0 Å². The number of phenols is 1. The molecular formula is C15H19NO4. The molecule has 20 heavy (non-hydrogen) atoms. The molecule has 2 atom stereocenters. The minimum atomic E-state index is -0.839. The summed E-state index contributed by atoms with van der Waals surface area (Å²) in [6.45, 7) is 2.28. The summed E-state index contributed by atoms with van der Waals surface area (Å²) in [5, 5.41) is 18.7. The summed E-state index contributed by atoms with van der Waals surface area (Å²) in [7, 11) is 0. The molecule has 0 spiro atoms. The number of carbonyl (C=O) groups is 2. The maximum atomic E-state index is 12.2. The highest BCUT2D eigenvalue weighted by atomic mass is 16.4. The Labute approximate surface area is 117 Å². The van der Waals surface area contributed by atoms with E-state index in [9.17, 15) is 14.7 Å². The number of hydrogen-bond acceptors (Lipinski definition) is 3. The quantitative estimate of drug-likeness (QED) is 0.877. The van der Waals surface area contributed by atoms with Gasteiger partial charge in [-0.05, 0) is 31.4 Å². The summed E-state index contributed by atoms with van der Waals surface area (Å²) in [4.78, 5) is 24.8. The SMILES string of the molecule is CC1C(C(=O)O)CCN1C(=O)CCc1ccccc1O. The zero-order valence-corrected chi connectivity index (χ0v) is 11.5. The van der Waals surface area contributed by atoms with Gasteiger partial charge in [0.1, 0.15) is 5.75 Å². The van der Waals surface area contributed by atoms with Crippen LogP contribution in [0.5, 0.6) is 5.75 Å². The number of amides is 1. The molecule has 1 heterocycles. The van der Waals surface area contributed by atoms with Gasteiger partial charge in [0.25, 0.3) is 0 Å². The second-order valence-electron chi connectivity index (χ2n) is 5.19. The summed E-state index contributed by atoms with van der Waals surface area (Å²) >= 11 is 0. The lowest BCUT2D eigenvalue weighted by Gasteiger charge is -2.23. The fourth-order valence-electron chi connectivity index (χ4n) is 2.73. The fourth-order valence-corrected chi connectivity index (χ4v) is 2.73. The van der Waals surface area contributed by atoms with E-state index in [2.05, 4.69) is 0 Å². The molecule has 1 saturated heterocycles. The Hall–Kier alpha value is -2.04. The number of nitrogens with zero attached hydrogens (tertiary/aromatic N) is 1. The van der Waals surface area contributed by atoms with Gasteiger partial charge in [0.05, 0.1) is 5.92 Å². The molecule has 2 unspecified atom stereocenters. The molecule has 5 heteroatoms. The first kappa shape index (κ1) is 14.4. The van der Waals surface area contributed by atoms with Crippen molar-refractivity contribution in [2.45, 2.75) is 32.2 Å². The van der Waals surface area contributed by atoms with Crippen LogP contribution in [-0.4, -0.2) is 39.6 Å². The molecule has 1 aliphatic rings.